The maximum atomic E-state index is 15.2. The highest BCUT2D eigenvalue weighted by Crippen LogP contribution is 2.54. The summed E-state index contributed by atoms with van der Waals surface area (Å²) in [6.45, 7) is 2.39. The number of carbonyl (C=O) groups is 2. The first kappa shape index (κ1) is 26.6. The number of hydrogen-bond acceptors (Lipinski definition) is 4. The molecule has 43 heavy (non-hydrogen) atoms. The van der Waals surface area contributed by atoms with Crippen LogP contribution in [0, 0.1) is 12.8 Å². The van der Waals surface area contributed by atoms with E-state index >= 15 is 4.79 Å². The first-order valence-corrected chi connectivity index (χ1v) is 14.6. The third-order valence-corrected chi connectivity index (χ3v) is 8.50. The van der Waals surface area contributed by atoms with Crippen LogP contribution in [0.3, 0.4) is 0 Å². The van der Waals surface area contributed by atoms with E-state index in [1.807, 2.05) is 156 Å². The number of rotatable bonds is 7. The van der Waals surface area contributed by atoms with Gasteiger partial charge in [-0.2, -0.15) is 5.10 Å². The van der Waals surface area contributed by atoms with Crippen molar-refractivity contribution in [2.24, 2.45) is 11.0 Å². The number of Topliss-reactive ketones (excluding diaryl/α,β-unsaturated/α-hetero) is 1. The number of hydrazone groups is 1. The van der Waals surface area contributed by atoms with Crippen molar-refractivity contribution in [3.8, 4) is 0 Å². The number of anilines is 2. The van der Waals surface area contributed by atoms with E-state index in [1.165, 1.54) is 0 Å². The van der Waals surface area contributed by atoms with Crippen molar-refractivity contribution in [1.82, 2.24) is 0 Å². The molecular weight excluding hydrogens is 530 g/mol. The Morgan fingerprint density at radius 2 is 1.30 bits per heavy atom. The molecule has 1 spiro atoms. The van der Waals surface area contributed by atoms with Crippen molar-refractivity contribution < 1.29 is 9.59 Å². The van der Waals surface area contributed by atoms with Gasteiger partial charge in [0.05, 0.1) is 23.6 Å². The van der Waals surface area contributed by atoms with Gasteiger partial charge in [0.15, 0.2) is 11.3 Å². The van der Waals surface area contributed by atoms with Crippen LogP contribution in [0.1, 0.15) is 32.6 Å². The van der Waals surface area contributed by atoms with Crippen LogP contribution in [0.15, 0.2) is 145 Å². The minimum absolute atomic E-state index is 0.113. The van der Waals surface area contributed by atoms with Gasteiger partial charge in [-0.05, 0) is 36.2 Å². The zero-order valence-corrected chi connectivity index (χ0v) is 23.9. The topological polar surface area (TPSA) is 53.0 Å². The predicted molar refractivity (Wildman–Crippen MR) is 171 cm³/mol. The predicted octanol–water partition coefficient (Wildman–Crippen LogP) is 7.36. The number of aryl methyl sites for hydroxylation is 1. The van der Waals surface area contributed by atoms with E-state index in [-0.39, 0.29) is 11.7 Å². The Morgan fingerprint density at radius 1 is 0.721 bits per heavy atom. The maximum Gasteiger partial charge on any atom is 0.261 e. The van der Waals surface area contributed by atoms with Crippen LogP contribution in [-0.4, -0.2) is 17.4 Å². The zero-order chi connectivity index (χ0) is 29.4. The third-order valence-electron chi connectivity index (χ3n) is 8.50. The molecule has 0 saturated heterocycles. The molecule has 2 aliphatic heterocycles. The van der Waals surface area contributed by atoms with Gasteiger partial charge in [0.25, 0.3) is 5.91 Å². The molecule has 7 rings (SSSR count). The van der Waals surface area contributed by atoms with Crippen LogP contribution in [0.4, 0.5) is 11.4 Å². The van der Waals surface area contributed by atoms with E-state index in [0.717, 1.165) is 33.6 Å². The Hall–Kier alpha value is -5.29. The molecule has 5 aromatic carbocycles. The highest BCUT2D eigenvalue weighted by molar-refractivity contribution is 6.24. The van der Waals surface area contributed by atoms with Crippen molar-refractivity contribution in [1.29, 1.82) is 0 Å². The molecule has 0 fully saturated rings. The Bertz CT molecular complexity index is 1820. The summed E-state index contributed by atoms with van der Waals surface area (Å²) < 4.78 is 0. The van der Waals surface area contributed by atoms with Crippen LogP contribution in [0.2, 0.25) is 0 Å². The van der Waals surface area contributed by atoms with Crippen LogP contribution < -0.4 is 9.91 Å². The molecule has 2 heterocycles. The van der Waals surface area contributed by atoms with Gasteiger partial charge in [-0.25, -0.2) is 5.01 Å². The van der Waals surface area contributed by atoms with Gasteiger partial charge in [0, 0.05) is 17.5 Å². The number of carbonyl (C=O) groups excluding carboxylic acids is 2. The number of fused-ring (bicyclic) bond motifs is 2. The Morgan fingerprint density at radius 3 is 1.98 bits per heavy atom. The van der Waals surface area contributed by atoms with E-state index in [0.29, 0.717) is 24.2 Å². The quantitative estimate of drug-likeness (QED) is 0.195. The SMILES string of the molecule is Cc1ccc(C(=O)[C@H]2C(Cc3ccccc3)=NN(c3ccccc3)[C@]23C(=O)N(Cc2ccccc2)c2ccccc23)cc1. The summed E-state index contributed by atoms with van der Waals surface area (Å²) in [7, 11) is 0. The Kier molecular flexibility index (Phi) is 6.71. The van der Waals surface area contributed by atoms with Crippen molar-refractivity contribution in [3.63, 3.8) is 0 Å². The summed E-state index contributed by atoms with van der Waals surface area (Å²) in [5.41, 5.74) is 5.32. The number of amides is 1. The molecule has 1 amide bonds. The van der Waals surface area contributed by atoms with Crippen molar-refractivity contribution in [3.05, 3.63) is 167 Å². The summed E-state index contributed by atoms with van der Waals surface area (Å²) in [4.78, 5) is 31.9. The minimum Gasteiger partial charge on any atom is -0.305 e. The normalized spacial score (nSPS) is 19.0. The molecule has 2 atom stereocenters. The fourth-order valence-electron chi connectivity index (χ4n) is 6.50. The van der Waals surface area contributed by atoms with Gasteiger partial charge >= 0.3 is 0 Å². The van der Waals surface area contributed by atoms with Crippen LogP contribution in [-0.2, 0) is 23.3 Å². The average Bonchev–Trinajstić information content (AvgIpc) is 3.51. The highest BCUT2D eigenvalue weighted by atomic mass is 16.2. The Labute approximate surface area is 251 Å². The summed E-state index contributed by atoms with van der Waals surface area (Å²) in [6.07, 6.45) is 0.447. The number of hydrogen-bond donors (Lipinski definition) is 0. The standard InChI is InChI=1S/C38H31N3O2/c1-27-21-23-30(24-22-27)36(42)35-33(25-28-13-5-2-6-14-28)39-41(31-17-9-4-10-18-31)38(35)32-19-11-12-20-34(32)40(37(38)43)26-29-15-7-3-8-16-29/h2-24,35H,25-26H2,1H3/t35-,38+/m1/s1. The van der Waals surface area contributed by atoms with E-state index in [4.69, 9.17) is 5.10 Å². The second-order valence-corrected chi connectivity index (χ2v) is 11.2. The van der Waals surface area contributed by atoms with Crippen molar-refractivity contribution in [2.75, 3.05) is 9.91 Å². The molecule has 0 aliphatic carbocycles. The number of nitrogens with zero attached hydrogens (tertiary/aromatic N) is 3. The number of ketones is 1. The van der Waals surface area contributed by atoms with Crippen LogP contribution in [0.25, 0.3) is 0 Å². The minimum atomic E-state index is -1.39. The van der Waals surface area contributed by atoms with Gasteiger partial charge in [0.1, 0.15) is 5.92 Å². The molecule has 210 valence electrons. The average molecular weight is 562 g/mol. The molecule has 5 aromatic rings. The lowest BCUT2D eigenvalue weighted by atomic mass is 9.72. The monoisotopic (exact) mass is 561 g/mol. The molecule has 2 aliphatic rings. The maximum absolute atomic E-state index is 15.2. The fourth-order valence-corrected chi connectivity index (χ4v) is 6.50. The molecule has 0 radical (unpaired) electrons. The van der Waals surface area contributed by atoms with Gasteiger partial charge < -0.3 is 4.90 Å². The summed E-state index contributed by atoms with van der Waals surface area (Å²) in [6, 6.07) is 45.3. The summed E-state index contributed by atoms with van der Waals surface area (Å²) >= 11 is 0. The molecule has 0 N–H and O–H groups in total. The molecular formula is C38H31N3O2. The summed E-state index contributed by atoms with van der Waals surface area (Å²) in [5, 5.41) is 7.03. The van der Waals surface area contributed by atoms with Gasteiger partial charge in [-0.15, -0.1) is 0 Å². The molecule has 0 unspecified atom stereocenters. The lowest BCUT2D eigenvalue weighted by Gasteiger charge is -2.37. The first-order valence-electron chi connectivity index (χ1n) is 14.6. The van der Waals surface area contributed by atoms with E-state index in [2.05, 4.69) is 0 Å². The van der Waals surface area contributed by atoms with Gasteiger partial charge in [-0.1, -0.05) is 127 Å². The molecule has 0 bridgehead atoms. The van der Waals surface area contributed by atoms with Crippen LogP contribution in [0.5, 0.6) is 0 Å². The highest BCUT2D eigenvalue weighted by Gasteiger charge is 2.66. The molecule has 5 nitrogen and oxygen atoms in total. The van der Waals surface area contributed by atoms with Gasteiger partial charge in [-0.3, -0.25) is 9.59 Å². The molecule has 0 saturated carbocycles. The number of para-hydroxylation sites is 2. The molecule has 5 heteroatoms. The molecule has 0 aromatic heterocycles. The third kappa shape index (κ3) is 4.45. The zero-order valence-electron chi connectivity index (χ0n) is 23.9. The lowest BCUT2D eigenvalue weighted by Crippen LogP contribution is -2.56. The first-order chi connectivity index (χ1) is 21.1. The van der Waals surface area contributed by atoms with E-state index in [1.54, 1.807) is 0 Å². The Balaban J connectivity index is 1.47. The van der Waals surface area contributed by atoms with Crippen LogP contribution >= 0.6 is 0 Å². The van der Waals surface area contributed by atoms with E-state index < -0.39 is 11.5 Å². The fraction of sp³-hybridized carbons (Fsp3) is 0.132. The summed E-state index contributed by atoms with van der Waals surface area (Å²) in [5.74, 6) is -1.11. The smallest absolute Gasteiger partial charge is 0.261 e. The van der Waals surface area contributed by atoms with Crippen molar-refractivity contribution >= 4 is 28.8 Å². The second kappa shape index (κ2) is 10.8. The van der Waals surface area contributed by atoms with E-state index in [9.17, 15) is 4.79 Å². The lowest BCUT2D eigenvalue weighted by molar-refractivity contribution is -0.123. The largest absolute Gasteiger partial charge is 0.305 e. The van der Waals surface area contributed by atoms with Crippen molar-refractivity contribution in [2.45, 2.75) is 25.4 Å². The van der Waals surface area contributed by atoms with Gasteiger partial charge in [0.2, 0.25) is 0 Å². The number of benzene rings is 5. The second-order valence-electron chi connectivity index (χ2n) is 11.2.